The van der Waals surface area contributed by atoms with Crippen LogP contribution in [0, 0.1) is 26.7 Å². The molecule has 0 fully saturated rings. The number of alkyl halides is 1. The van der Waals surface area contributed by atoms with Crippen molar-refractivity contribution in [2.75, 3.05) is 6.67 Å². The Kier molecular flexibility index (Phi) is 9.99. The molecule has 1 aliphatic heterocycles. The minimum Gasteiger partial charge on any atom is -0.488 e. The number of nitrogens with one attached hydrogen (secondary N) is 2. The summed E-state index contributed by atoms with van der Waals surface area (Å²) in [4.78, 5) is 26.6. The molecule has 0 radical (unpaired) electrons. The lowest BCUT2D eigenvalue weighted by Crippen LogP contribution is -2.59. The van der Waals surface area contributed by atoms with E-state index >= 15 is 0 Å². The van der Waals surface area contributed by atoms with Crippen LogP contribution in [0.3, 0.4) is 0 Å². The molecule has 2 aromatic rings. The summed E-state index contributed by atoms with van der Waals surface area (Å²) in [6.45, 7) is 12.6. The molecule has 214 valence electrons. The van der Waals surface area contributed by atoms with E-state index in [2.05, 4.69) is 10.6 Å². The van der Waals surface area contributed by atoms with E-state index in [1.54, 1.807) is 13.8 Å². The molecule has 8 heteroatoms. The van der Waals surface area contributed by atoms with Crippen molar-refractivity contribution in [1.29, 1.82) is 0 Å². The van der Waals surface area contributed by atoms with Crippen molar-refractivity contribution in [2.24, 2.45) is 5.92 Å². The lowest BCUT2D eigenvalue weighted by Gasteiger charge is -2.38. The van der Waals surface area contributed by atoms with E-state index in [1.807, 2.05) is 65.0 Å². The van der Waals surface area contributed by atoms with Crippen LogP contribution in [0.15, 0.2) is 30.3 Å². The average Bonchev–Trinajstić information content (AvgIpc) is 2.92. The molecule has 39 heavy (non-hydrogen) atoms. The molecule has 7 nitrogen and oxygen atoms in total. The Morgan fingerprint density at radius 3 is 2.36 bits per heavy atom. The molecular weight excluding hydrogens is 499 g/mol. The Balaban J connectivity index is 1.79. The Labute approximate surface area is 231 Å². The maximum Gasteiger partial charge on any atom is 0.264 e. The predicted octanol–water partition coefficient (Wildman–Crippen LogP) is 4.64. The van der Waals surface area contributed by atoms with E-state index in [0.29, 0.717) is 31.6 Å². The van der Waals surface area contributed by atoms with Gasteiger partial charge in [0.1, 0.15) is 36.9 Å². The monoisotopic (exact) mass is 542 g/mol. The van der Waals surface area contributed by atoms with Crippen LogP contribution in [-0.2, 0) is 22.6 Å². The summed E-state index contributed by atoms with van der Waals surface area (Å²) >= 11 is 0. The molecule has 3 N–H and O–H groups in total. The molecule has 3 rings (SSSR count). The summed E-state index contributed by atoms with van der Waals surface area (Å²) in [5.74, 6) is 0.442. The lowest BCUT2D eigenvalue weighted by atomic mass is 9.86. The topological polar surface area (TPSA) is 96.9 Å². The van der Waals surface area contributed by atoms with E-state index in [9.17, 15) is 19.1 Å². The zero-order chi connectivity index (χ0) is 28.9. The van der Waals surface area contributed by atoms with Gasteiger partial charge in [0.2, 0.25) is 5.91 Å². The highest BCUT2D eigenvalue weighted by atomic mass is 19.1. The first-order valence-corrected chi connectivity index (χ1v) is 13.8. The van der Waals surface area contributed by atoms with E-state index < -0.39 is 36.4 Å². The Bertz CT molecular complexity index is 1170. The second-order valence-electron chi connectivity index (χ2n) is 11.1. The largest absolute Gasteiger partial charge is 0.488 e. The Hall–Kier alpha value is -3.13. The number of aliphatic hydroxyl groups is 1. The molecule has 2 unspecified atom stereocenters. The SMILES string of the molecule is CCC(NC(=O)[C@@H](NC(=O)[C@]1(C)CCc2c(C)c(OCc3ccccc3)c(C)c(C)c2O1)C(C)C)C(O)CF. The van der Waals surface area contributed by atoms with Gasteiger partial charge in [-0.2, -0.15) is 0 Å². The standard InChI is InChI=1S/C31H43FN2O5/c1-8-24(25(35)16-32)33-29(36)26(18(2)3)34-30(37)31(7)15-14-23-21(6)27(19(4)20(5)28(23)39-31)38-17-22-12-10-9-11-13-22/h9-13,18,24-26,35H,8,14-17H2,1-7H3,(H,33,36)(H,34,37)/t24?,25?,26-,31-/m0/s1. The third kappa shape index (κ3) is 6.72. The molecule has 0 bridgehead atoms. The summed E-state index contributed by atoms with van der Waals surface area (Å²) < 4.78 is 25.7. The fraction of sp³-hybridized carbons (Fsp3) is 0.548. The fourth-order valence-electron chi connectivity index (χ4n) is 5.02. The number of benzene rings is 2. The molecule has 0 spiro atoms. The van der Waals surface area contributed by atoms with Crippen LogP contribution >= 0.6 is 0 Å². The number of fused-ring (bicyclic) bond motifs is 1. The van der Waals surface area contributed by atoms with Crippen molar-refractivity contribution in [3.8, 4) is 11.5 Å². The second-order valence-corrected chi connectivity index (χ2v) is 11.1. The molecule has 0 saturated carbocycles. The molecule has 1 heterocycles. The summed E-state index contributed by atoms with van der Waals surface area (Å²) in [7, 11) is 0. The summed E-state index contributed by atoms with van der Waals surface area (Å²) in [5.41, 5.74) is 3.81. The zero-order valence-corrected chi connectivity index (χ0v) is 24.2. The van der Waals surface area contributed by atoms with Gasteiger partial charge in [-0.1, -0.05) is 51.1 Å². The number of hydrogen-bond acceptors (Lipinski definition) is 5. The van der Waals surface area contributed by atoms with Crippen LogP contribution in [0.5, 0.6) is 11.5 Å². The first kappa shape index (κ1) is 30.4. The van der Waals surface area contributed by atoms with Gasteiger partial charge in [0.15, 0.2) is 5.60 Å². The van der Waals surface area contributed by atoms with Gasteiger partial charge in [-0.3, -0.25) is 9.59 Å². The summed E-state index contributed by atoms with van der Waals surface area (Å²) in [6.07, 6.45) is 0.113. The van der Waals surface area contributed by atoms with Gasteiger partial charge in [-0.25, -0.2) is 4.39 Å². The minimum absolute atomic E-state index is 0.232. The smallest absolute Gasteiger partial charge is 0.264 e. The number of rotatable bonds is 11. The minimum atomic E-state index is -1.30. The van der Waals surface area contributed by atoms with Gasteiger partial charge in [-0.15, -0.1) is 0 Å². The van der Waals surface area contributed by atoms with Gasteiger partial charge in [0.05, 0.1) is 6.04 Å². The number of amides is 2. The van der Waals surface area contributed by atoms with Crippen LogP contribution in [0.25, 0.3) is 0 Å². The van der Waals surface area contributed by atoms with E-state index in [4.69, 9.17) is 9.47 Å². The van der Waals surface area contributed by atoms with Crippen molar-refractivity contribution in [2.45, 2.75) is 98.1 Å². The summed E-state index contributed by atoms with van der Waals surface area (Å²) in [5, 5.41) is 15.4. The van der Waals surface area contributed by atoms with Crippen molar-refractivity contribution in [3.63, 3.8) is 0 Å². The second kappa shape index (κ2) is 12.8. The lowest BCUT2D eigenvalue weighted by molar-refractivity contribution is -0.141. The van der Waals surface area contributed by atoms with Crippen molar-refractivity contribution in [1.82, 2.24) is 10.6 Å². The van der Waals surface area contributed by atoms with Crippen LogP contribution in [-0.4, -0.2) is 47.4 Å². The third-order valence-corrected chi connectivity index (χ3v) is 7.82. The number of carbonyl (C=O) groups is 2. The molecular formula is C31H43FN2O5. The molecule has 1 aliphatic rings. The van der Waals surface area contributed by atoms with Crippen LogP contribution in [0.2, 0.25) is 0 Å². The highest BCUT2D eigenvalue weighted by molar-refractivity contribution is 5.92. The zero-order valence-electron chi connectivity index (χ0n) is 24.2. The molecule has 4 atom stereocenters. The Morgan fingerprint density at radius 1 is 1.10 bits per heavy atom. The number of halogens is 1. The maximum atomic E-state index is 13.6. The quantitative estimate of drug-likeness (QED) is 0.384. The number of hydrogen-bond donors (Lipinski definition) is 3. The predicted molar refractivity (Wildman–Crippen MR) is 150 cm³/mol. The molecule has 2 aromatic carbocycles. The first-order valence-electron chi connectivity index (χ1n) is 13.8. The van der Waals surface area contributed by atoms with Crippen molar-refractivity contribution in [3.05, 3.63) is 58.1 Å². The highest BCUT2D eigenvalue weighted by Crippen LogP contribution is 2.44. The van der Waals surface area contributed by atoms with E-state index in [0.717, 1.165) is 33.6 Å². The van der Waals surface area contributed by atoms with Gasteiger partial charge in [0, 0.05) is 12.0 Å². The number of carbonyl (C=O) groups excluding carboxylic acids is 2. The average molecular weight is 543 g/mol. The maximum absolute atomic E-state index is 13.6. The van der Waals surface area contributed by atoms with Gasteiger partial charge in [-0.05, 0) is 68.7 Å². The van der Waals surface area contributed by atoms with E-state index in [-0.39, 0.29) is 11.8 Å². The highest BCUT2D eigenvalue weighted by Gasteiger charge is 2.43. The summed E-state index contributed by atoms with van der Waals surface area (Å²) in [6, 6.07) is 8.40. The van der Waals surface area contributed by atoms with E-state index in [1.165, 1.54) is 0 Å². The first-order chi connectivity index (χ1) is 18.4. The van der Waals surface area contributed by atoms with Crippen molar-refractivity contribution < 1.29 is 28.6 Å². The number of aliphatic hydroxyl groups excluding tert-OH is 1. The molecule has 0 aliphatic carbocycles. The Morgan fingerprint density at radius 2 is 1.77 bits per heavy atom. The van der Waals surface area contributed by atoms with Gasteiger partial charge >= 0.3 is 0 Å². The van der Waals surface area contributed by atoms with Crippen LogP contribution in [0.1, 0.15) is 68.4 Å². The van der Waals surface area contributed by atoms with Crippen LogP contribution in [0.4, 0.5) is 4.39 Å². The normalized spacial score (nSPS) is 18.9. The van der Waals surface area contributed by atoms with Gasteiger partial charge in [0.25, 0.3) is 5.91 Å². The van der Waals surface area contributed by atoms with Gasteiger partial charge < -0.3 is 25.2 Å². The molecule has 0 saturated heterocycles. The third-order valence-electron chi connectivity index (χ3n) is 7.82. The number of ether oxygens (including phenoxy) is 2. The molecule has 0 aromatic heterocycles. The van der Waals surface area contributed by atoms with Crippen molar-refractivity contribution >= 4 is 11.8 Å². The van der Waals surface area contributed by atoms with Crippen LogP contribution < -0.4 is 20.1 Å². The fourth-order valence-corrected chi connectivity index (χ4v) is 5.02. The molecule has 2 amide bonds.